The Hall–Kier alpha value is -0.865. The van der Waals surface area contributed by atoms with Crippen molar-refractivity contribution in [1.82, 2.24) is 4.98 Å². The van der Waals surface area contributed by atoms with E-state index in [9.17, 15) is 0 Å². The van der Waals surface area contributed by atoms with Crippen LogP contribution < -0.4 is 5.46 Å². The molecule has 0 aliphatic rings. The van der Waals surface area contributed by atoms with Gasteiger partial charge in [-0.2, -0.15) is 0 Å². The highest BCUT2D eigenvalue weighted by Crippen LogP contribution is 1.93. The minimum Gasteiger partial charge on any atom is -0.423 e. The largest absolute Gasteiger partial charge is 0.490 e. The van der Waals surface area contributed by atoms with Gasteiger partial charge in [0.25, 0.3) is 0 Å². The van der Waals surface area contributed by atoms with Gasteiger partial charge in [0.1, 0.15) is 0 Å². The summed E-state index contributed by atoms with van der Waals surface area (Å²) in [6.45, 7) is -2.84. The molecule has 0 aromatic carbocycles. The minimum absolute atomic E-state index is 0.0503. The van der Waals surface area contributed by atoms with Crippen LogP contribution in [0.15, 0.2) is 18.5 Å². The second kappa shape index (κ2) is 3.50. The van der Waals surface area contributed by atoms with Crippen LogP contribution in [0.5, 0.6) is 0 Å². The molecular weight excluding hydrogens is 141 g/mol. The zero-order valence-corrected chi connectivity index (χ0v) is 5.65. The molecule has 1 aromatic rings. The number of aromatic nitrogens is 1. The zero-order chi connectivity index (χ0) is 12.6. The molecule has 1 rings (SSSR count). The molecule has 2 N–H and O–H groups in total. The summed E-state index contributed by atoms with van der Waals surface area (Å²) in [4.78, 5) is 3.58. The van der Waals surface area contributed by atoms with Crippen molar-refractivity contribution in [3.05, 3.63) is 24.0 Å². The first-order valence-corrected chi connectivity index (χ1v) is 2.98. The molecule has 1 heterocycles. The van der Waals surface area contributed by atoms with E-state index in [1.807, 2.05) is 0 Å². The Morgan fingerprint density at radius 2 is 2.55 bits per heavy atom. The normalized spacial score (nSPS) is 18.9. The predicted octanol–water partition coefficient (Wildman–Crippen LogP) is -0.676. The molecule has 0 saturated heterocycles. The van der Waals surface area contributed by atoms with E-state index in [1.54, 1.807) is 0 Å². The third-order valence-electron chi connectivity index (χ3n) is 1.20. The molecule has 0 bridgehead atoms. The van der Waals surface area contributed by atoms with Crippen LogP contribution in [0.25, 0.3) is 0 Å². The molecule has 58 valence electrons. The zero-order valence-electron chi connectivity index (χ0n) is 10.7. The third kappa shape index (κ3) is 2.03. The van der Waals surface area contributed by atoms with E-state index in [0.717, 1.165) is 18.5 Å². The fourth-order valence-electron chi connectivity index (χ4n) is 0.667. The van der Waals surface area contributed by atoms with E-state index in [1.165, 1.54) is 0 Å². The Morgan fingerprint density at radius 3 is 3.18 bits per heavy atom. The lowest BCUT2D eigenvalue weighted by Gasteiger charge is -1.99. The summed E-state index contributed by atoms with van der Waals surface area (Å²) in [6.07, 6.45) is -0.396. The van der Waals surface area contributed by atoms with Crippen LogP contribution in [0.3, 0.4) is 0 Å². The van der Waals surface area contributed by atoms with Gasteiger partial charge in [0, 0.05) is 24.7 Å². The summed E-state index contributed by atoms with van der Waals surface area (Å²) in [7, 11) is -1.81. The molecule has 0 aliphatic carbocycles. The van der Waals surface area contributed by atoms with Crippen LogP contribution in [0.1, 0.15) is 19.3 Å². The van der Waals surface area contributed by atoms with Gasteiger partial charge in [0.15, 0.2) is 0 Å². The van der Waals surface area contributed by atoms with Crippen molar-refractivity contribution in [2.24, 2.45) is 0 Å². The first-order valence-electron chi connectivity index (χ1n) is 5.48. The van der Waals surface area contributed by atoms with Crippen molar-refractivity contribution in [1.29, 1.82) is 0 Å². The summed E-state index contributed by atoms with van der Waals surface area (Å²) in [5.41, 5.74) is -0.260. The van der Waals surface area contributed by atoms with Gasteiger partial charge < -0.3 is 10.0 Å². The maximum atomic E-state index is 8.87. The van der Waals surface area contributed by atoms with E-state index in [-0.39, 0.29) is 11.0 Å². The molecule has 11 heavy (non-hydrogen) atoms. The van der Waals surface area contributed by atoms with E-state index in [4.69, 9.17) is 16.9 Å². The second-order valence-corrected chi connectivity index (χ2v) is 2.01. The lowest BCUT2D eigenvalue weighted by atomic mass is 9.81. The molecule has 0 aliphatic heterocycles. The van der Waals surface area contributed by atoms with Gasteiger partial charge in [0.05, 0.1) is 0 Å². The summed E-state index contributed by atoms with van der Waals surface area (Å²) >= 11 is 0. The fourth-order valence-corrected chi connectivity index (χ4v) is 0.667. The average Bonchev–Trinajstić information content (AvgIpc) is 2.16. The number of rotatable bonds is 2. The topological polar surface area (TPSA) is 53.4 Å². The van der Waals surface area contributed by atoms with Crippen molar-refractivity contribution in [2.75, 3.05) is 0 Å². The van der Waals surface area contributed by atoms with Crippen LogP contribution in [0.4, 0.5) is 0 Å². The number of pyridine rings is 1. The smallest absolute Gasteiger partial charge is 0.423 e. The molecule has 0 radical (unpaired) electrons. The summed E-state index contributed by atoms with van der Waals surface area (Å²) < 4.78 is 36.1. The predicted molar refractivity (Wildman–Crippen MR) is 43.4 cm³/mol. The van der Waals surface area contributed by atoms with Gasteiger partial charge in [-0.05, 0) is 11.9 Å². The Morgan fingerprint density at radius 1 is 1.73 bits per heavy atom. The maximum absolute atomic E-state index is 8.87. The molecular formula is C7H10BNO2. The molecule has 0 spiro atoms. The number of aryl methyl sites for hydroxylation is 1. The standard InChI is InChI=1S/C7H10BNO2/c1-2-6-3-7(8(10)11)5-9-4-6/h3-5,10-11H,2H2,1H3/i1D3,2D2. The Bertz CT molecular complexity index is 381. The Labute approximate surface area is 72.9 Å². The molecule has 0 saturated carbocycles. The van der Waals surface area contributed by atoms with Crippen molar-refractivity contribution in [2.45, 2.75) is 13.2 Å². The number of hydrogen-bond acceptors (Lipinski definition) is 3. The molecule has 3 nitrogen and oxygen atoms in total. The summed E-state index contributed by atoms with van der Waals surface area (Å²) in [5, 5.41) is 17.7. The first kappa shape index (κ1) is 3.69. The Kier molecular flexibility index (Phi) is 1.18. The van der Waals surface area contributed by atoms with Crippen LogP contribution >= 0.6 is 0 Å². The monoisotopic (exact) mass is 156 g/mol. The molecule has 4 heteroatoms. The van der Waals surface area contributed by atoms with Crippen molar-refractivity contribution in [3.63, 3.8) is 0 Å². The molecule has 0 fully saturated rings. The van der Waals surface area contributed by atoms with E-state index in [0.29, 0.717) is 0 Å². The first-order chi connectivity index (χ1) is 7.16. The summed E-state index contributed by atoms with van der Waals surface area (Å²) in [6, 6.07) is 1.07. The van der Waals surface area contributed by atoms with Crippen LogP contribution in [0.2, 0.25) is 0 Å². The lowest BCUT2D eigenvalue weighted by Crippen LogP contribution is -2.30. The van der Waals surface area contributed by atoms with Gasteiger partial charge in [-0.25, -0.2) is 0 Å². The summed E-state index contributed by atoms with van der Waals surface area (Å²) in [5.74, 6) is 0. The second-order valence-electron chi connectivity index (χ2n) is 2.01. The molecule has 0 atom stereocenters. The maximum Gasteiger partial charge on any atom is 0.490 e. The van der Waals surface area contributed by atoms with E-state index in [2.05, 4.69) is 4.98 Å². The highest BCUT2D eigenvalue weighted by Gasteiger charge is 2.10. The SMILES string of the molecule is [2H]C([2H])([2H])C([2H])([2H])c1cncc(B(O)O)c1. The van der Waals surface area contributed by atoms with Gasteiger partial charge in [0.2, 0.25) is 0 Å². The average molecular weight is 156 g/mol. The van der Waals surface area contributed by atoms with Gasteiger partial charge in [-0.3, -0.25) is 4.98 Å². The van der Waals surface area contributed by atoms with E-state index < -0.39 is 20.3 Å². The quantitative estimate of drug-likeness (QED) is 0.558. The molecule has 0 unspecified atom stereocenters. The molecule has 1 aromatic heterocycles. The van der Waals surface area contributed by atoms with Crippen molar-refractivity contribution in [3.8, 4) is 0 Å². The molecule has 0 amide bonds. The van der Waals surface area contributed by atoms with Gasteiger partial charge in [-0.15, -0.1) is 0 Å². The van der Waals surface area contributed by atoms with Crippen LogP contribution in [-0.2, 0) is 6.37 Å². The van der Waals surface area contributed by atoms with Crippen molar-refractivity contribution < 1.29 is 16.9 Å². The van der Waals surface area contributed by atoms with Gasteiger partial charge >= 0.3 is 7.12 Å². The fraction of sp³-hybridized carbons (Fsp3) is 0.286. The highest BCUT2D eigenvalue weighted by atomic mass is 16.4. The minimum atomic E-state index is -2.84. The van der Waals surface area contributed by atoms with Gasteiger partial charge in [-0.1, -0.05) is 12.9 Å². The van der Waals surface area contributed by atoms with E-state index >= 15 is 0 Å². The van der Waals surface area contributed by atoms with Crippen LogP contribution in [0, 0.1) is 0 Å². The van der Waals surface area contributed by atoms with Crippen molar-refractivity contribution >= 4 is 12.6 Å². The number of nitrogens with zero attached hydrogens (tertiary/aromatic N) is 1. The number of hydrogen-bond donors (Lipinski definition) is 2. The highest BCUT2D eigenvalue weighted by molar-refractivity contribution is 6.58. The third-order valence-corrected chi connectivity index (χ3v) is 1.20. The Balaban J connectivity index is 3.19. The lowest BCUT2D eigenvalue weighted by molar-refractivity contribution is 0.425. The van der Waals surface area contributed by atoms with Crippen LogP contribution in [-0.4, -0.2) is 22.2 Å².